The van der Waals surface area contributed by atoms with Gasteiger partial charge in [0.05, 0.1) is 0 Å². The van der Waals surface area contributed by atoms with Crippen molar-refractivity contribution < 1.29 is 0 Å². The van der Waals surface area contributed by atoms with Crippen LogP contribution < -0.4 is 0 Å². The lowest BCUT2D eigenvalue weighted by Crippen LogP contribution is -2.34. The van der Waals surface area contributed by atoms with Crippen LogP contribution in [0.1, 0.15) is 52.9 Å². The summed E-state index contributed by atoms with van der Waals surface area (Å²) in [6.45, 7) is 10.1. The second-order valence-corrected chi connectivity index (χ2v) is 4.89. The van der Waals surface area contributed by atoms with Crippen LogP contribution in [0.15, 0.2) is 23.8 Å². The molecule has 0 radical (unpaired) electrons. The van der Waals surface area contributed by atoms with E-state index in [9.17, 15) is 0 Å². The normalized spacial score (nSPS) is 21.7. The van der Waals surface area contributed by atoms with E-state index in [4.69, 9.17) is 0 Å². The lowest BCUT2D eigenvalue weighted by molar-refractivity contribution is 0.195. The molecule has 0 spiro atoms. The topological polar surface area (TPSA) is 3.24 Å². The second kappa shape index (κ2) is 8.52. The van der Waals surface area contributed by atoms with E-state index in [1.54, 1.807) is 0 Å². The number of likely N-dealkylation sites (tertiary alicyclic amines) is 1. The fourth-order valence-corrected chi connectivity index (χ4v) is 2.60. The Balaban J connectivity index is 0.000000686. The van der Waals surface area contributed by atoms with Crippen molar-refractivity contribution in [1.29, 1.82) is 0 Å². The van der Waals surface area contributed by atoms with Gasteiger partial charge in [-0.2, -0.15) is 0 Å². The van der Waals surface area contributed by atoms with E-state index in [1.807, 2.05) is 13.8 Å². The molecule has 0 unspecified atom stereocenters. The summed E-state index contributed by atoms with van der Waals surface area (Å²) in [7, 11) is 0. The number of nitrogens with zero attached hydrogens (tertiary/aromatic N) is 1. The van der Waals surface area contributed by atoms with Gasteiger partial charge in [-0.15, -0.1) is 0 Å². The van der Waals surface area contributed by atoms with Crippen molar-refractivity contribution in [2.24, 2.45) is 5.92 Å². The minimum atomic E-state index is 0.997. The molecule has 0 aromatic carbocycles. The van der Waals surface area contributed by atoms with E-state index in [0.29, 0.717) is 0 Å². The van der Waals surface area contributed by atoms with Crippen LogP contribution in [0.2, 0.25) is 0 Å². The van der Waals surface area contributed by atoms with Gasteiger partial charge in [0.25, 0.3) is 0 Å². The molecular formula is C16H29N. The molecule has 0 aromatic heterocycles. The summed E-state index contributed by atoms with van der Waals surface area (Å²) in [5, 5.41) is 0. The fourth-order valence-electron chi connectivity index (χ4n) is 2.60. The summed E-state index contributed by atoms with van der Waals surface area (Å²) in [6.07, 6.45) is 13.7. The summed E-state index contributed by atoms with van der Waals surface area (Å²) in [5.74, 6) is 0.997. The summed E-state index contributed by atoms with van der Waals surface area (Å²) in [4.78, 5) is 2.62. The Bertz CT molecular complexity index is 244. The predicted molar refractivity (Wildman–Crippen MR) is 77.3 cm³/mol. The monoisotopic (exact) mass is 235 g/mol. The van der Waals surface area contributed by atoms with E-state index in [1.165, 1.54) is 57.3 Å². The van der Waals surface area contributed by atoms with E-state index in [0.717, 1.165) is 5.92 Å². The van der Waals surface area contributed by atoms with Crippen LogP contribution in [0.3, 0.4) is 0 Å². The van der Waals surface area contributed by atoms with Crippen LogP contribution in [0.5, 0.6) is 0 Å². The smallest absolute Gasteiger partial charge is 0.0230 e. The van der Waals surface area contributed by atoms with Crippen LogP contribution in [-0.4, -0.2) is 24.5 Å². The molecule has 1 heteroatoms. The Labute approximate surface area is 108 Å². The first kappa shape index (κ1) is 14.5. The van der Waals surface area contributed by atoms with Crippen molar-refractivity contribution in [1.82, 2.24) is 4.90 Å². The zero-order valence-corrected chi connectivity index (χ0v) is 11.9. The molecule has 0 bridgehead atoms. The van der Waals surface area contributed by atoms with Gasteiger partial charge < -0.3 is 0 Å². The average molecular weight is 235 g/mol. The minimum absolute atomic E-state index is 0.997. The molecular weight excluding hydrogens is 206 g/mol. The van der Waals surface area contributed by atoms with Crippen LogP contribution in [0, 0.1) is 5.92 Å². The molecule has 0 aromatic rings. The highest BCUT2D eigenvalue weighted by Crippen LogP contribution is 2.21. The van der Waals surface area contributed by atoms with Crippen molar-refractivity contribution in [3.63, 3.8) is 0 Å². The molecule has 1 aliphatic carbocycles. The SMILES string of the molecule is CC.CCC1CCN(CC2=CCCC=C2)CC1. The molecule has 0 saturated carbocycles. The Kier molecular flexibility index (Phi) is 7.27. The van der Waals surface area contributed by atoms with Gasteiger partial charge >= 0.3 is 0 Å². The van der Waals surface area contributed by atoms with E-state index in [2.05, 4.69) is 30.1 Å². The highest BCUT2D eigenvalue weighted by Gasteiger charge is 2.17. The Morgan fingerprint density at radius 3 is 2.41 bits per heavy atom. The van der Waals surface area contributed by atoms with Crippen molar-refractivity contribution >= 4 is 0 Å². The molecule has 2 rings (SSSR count). The quantitative estimate of drug-likeness (QED) is 0.700. The number of hydrogen-bond acceptors (Lipinski definition) is 1. The van der Waals surface area contributed by atoms with Gasteiger partial charge in [-0.3, -0.25) is 4.90 Å². The van der Waals surface area contributed by atoms with Crippen LogP contribution >= 0.6 is 0 Å². The lowest BCUT2D eigenvalue weighted by atomic mass is 9.94. The van der Waals surface area contributed by atoms with E-state index >= 15 is 0 Å². The number of hydrogen-bond donors (Lipinski definition) is 0. The van der Waals surface area contributed by atoms with Crippen LogP contribution in [-0.2, 0) is 0 Å². The molecule has 2 aliphatic rings. The van der Waals surface area contributed by atoms with Gasteiger partial charge in [-0.25, -0.2) is 0 Å². The zero-order chi connectivity index (χ0) is 12.5. The maximum Gasteiger partial charge on any atom is 0.0230 e. The largest absolute Gasteiger partial charge is 0.299 e. The minimum Gasteiger partial charge on any atom is -0.299 e. The molecule has 0 amide bonds. The summed E-state index contributed by atoms with van der Waals surface area (Å²) < 4.78 is 0. The van der Waals surface area contributed by atoms with E-state index in [-0.39, 0.29) is 0 Å². The van der Waals surface area contributed by atoms with Gasteiger partial charge in [0.2, 0.25) is 0 Å². The Morgan fingerprint density at radius 2 is 1.88 bits per heavy atom. The number of rotatable bonds is 3. The number of piperidine rings is 1. The van der Waals surface area contributed by atoms with Crippen LogP contribution in [0.4, 0.5) is 0 Å². The third kappa shape index (κ3) is 5.08. The van der Waals surface area contributed by atoms with Crippen LogP contribution in [0.25, 0.3) is 0 Å². The maximum absolute atomic E-state index is 2.62. The molecule has 1 saturated heterocycles. The summed E-state index contributed by atoms with van der Waals surface area (Å²) in [5.41, 5.74) is 1.54. The third-order valence-electron chi connectivity index (χ3n) is 3.76. The standard InChI is InChI=1S/C14H23N.C2H6/c1-2-13-8-10-15(11-9-13)12-14-6-4-3-5-7-14;1-2/h4,6-7,13H,2-3,5,8-12H2,1H3;1-2H3. The average Bonchev–Trinajstić information content (AvgIpc) is 2.43. The van der Waals surface area contributed by atoms with E-state index < -0.39 is 0 Å². The summed E-state index contributed by atoms with van der Waals surface area (Å²) >= 11 is 0. The van der Waals surface area contributed by atoms with Gasteiger partial charge in [0.1, 0.15) is 0 Å². The first-order valence-electron chi connectivity index (χ1n) is 7.46. The zero-order valence-electron chi connectivity index (χ0n) is 11.9. The summed E-state index contributed by atoms with van der Waals surface area (Å²) in [6, 6.07) is 0. The molecule has 1 heterocycles. The maximum atomic E-state index is 2.62. The molecule has 1 fully saturated rings. The first-order chi connectivity index (χ1) is 8.38. The van der Waals surface area contributed by atoms with Crippen molar-refractivity contribution in [2.45, 2.75) is 52.9 Å². The number of allylic oxidation sites excluding steroid dienone is 2. The molecule has 98 valence electrons. The Hall–Kier alpha value is -0.560. The van der Waals surface area contributed by atoms with Gasteiger partial charge in [-0.05, 0) is 50.3 Å². The highest BCUT2D eigenvalue weighted by molar-refractivity contribution is 5.23. The Morgan fingerprint density at radius 1 is 1.18 bits per heavy atom. The second-order valence-electron chi connectivity index (χ2n) is 4.89. The molecule has 0 atom stereocenters. The van der Waals surface area contributed by atoms with Crippen molar-refractivity contribution in [3.05, 3.63) is 23.8 Å². The van der Waals surface area contributed by atoms with Gasteiger partial charge in [-0.1, -0.05) is 45.4 Å². The van der Waals surface area contributed by atoms with Gasteiger partial charge in [0, 0.05) is 6.54 Å². The molecule has 0 N–H and O–H groups in total. The van der Waals surface area contributed by atoms with Crippen molar-refractivity contribution in [3.8, 4) is 0 Å². The van der Waals surface area contributed by atoms with Crippen molar-refractivity contribution in [2.75, 3.05) is 19.6 Å². The highest BCUT2D eigenvalue weighted by atomic mass is 15.1. The lowest BCUT2D eigenvalue weighted by Gasteiger charge is -2.31. The first-order valence-corrected chi connectivity index (χ1v) is 7.46. The molecule has 1 nitrogen and oxygen atoms in total. The molecule has 1 aliphatic heterocycles. The fraction of sp³-hybridized carbons (Fsp3) is 0.750. The molecule has 17 heavy (non-hydrogen) atoms. The third-order valence-corrected chi connectivity index (χ3v) is 3.76. The van der Waals surface area contributed by atoms with Gasteiger partial charge in [0.15, 0.2) is 0 Å². The predicted octanol–water partition coefficient (Wildman–Crippen LogP) is 4.41.